The second kappa shape index (κ2) is 5.09. The number of rotatable bonds is 3. The first kappa shape index (κ1) is 11.8. The second-order valence-electron chi connectivity index (χ2n) is 3.38. The molecule has 0 saturated heterocycles. The number of hydrogen-bond acceptors (Lipinski definition) is 2. The number of anilines is 1. The molecule has 88 valence electrons. The predicted octanol–water partition coefficient (Wildman–Crippen LogP) is 2.42. The summed E-state index contributed by atoms with van der Waals surface area (Å²) in [6.45, 7) is 0.102. The van der Waals surface area contributed by atoms with Crippen LogP contribution in [0.4, 0.5) is 10.1 Å². The van der Waals surface area contributed by atoms with Gasteiger partial charge in [-0.15, -0.1) is 0 Å². The highest BCUT2D eigenvalue weighted by Gasteiger charge is 2.05. The van der Waals surface area contributed by atoms with E-state index in [1.165, 1.54) is 10.7 Å². The number of carbonyl (C=O) groups excluding carboxylic acids is 1. The molecule has 1 heterocycles. The predicted molar refractivity (Wildman–Crippen MR) is 65.0 cm³/mol. The van der Waals surface area contributed by atoms with E-state index in [0.717, 1.165) is 0 Å². The monoisotopic (exact) mass is 297 g/mol. The zero-order valence-corrected chi connectivity index (χ0v) is 10.3. The quantitative estimate of drug-likeness (QED) is 0.946. The molecule has 0 aliphatic carbocycles. The summed E-state index contributed by atoms with van der Waals surface area (Å²) in [5, 5.41) is 6.49. The van der Waals surface area contributed by atoms with E-state index < -0.39 is 5.82 Å². The van der Waals surface area contributed by atoms with Gasteiger partial charge in [-0.2, -0.15) is 5.10 Å². The molecule has 0 atom stereocenters. The third-order valence-electron chi connectivity index (χ3n) is 2.07. The van der Waals surface area contributed by atoms with Gasteiger partial charge in [0.1, 0.15) is 12.4 Å². The van der Waals surface area contributed by atoms with Gasteiger partial charge in [0.15, 0.2) is 0 Å². The van der Waals surface area contributed by atoms with Crippen LogP contribution in [0, 0.1) is 5.82 Å². The molecule has 2 rings (SSSR count). The molecule has 0 bridgehead atoms. The Hall–Kier alpha value is -1.69. The summed E-state index contributed by atoms with van der Waals surface area (Å²) in [7, 11) is 0. The van der Waals surface area contributed by atoms with E-state index in [1.807, 2.05) is 0 Å². The first-order valence-electron chi connectivity index (χ1n) is 4.87. The van der Waals surface area contributed by atoms with Gasteiger partial charge in [-0.1, -0.05) is 0 Å². The molecule has 2 aromatic rings. The number of nitrogens with one attached hydrogen (secondary N) is 1. The molecule has 0 unspecified atom stereocenters. The maximum Gasteiger partial charge on any atom is 0.246 e. The molecule has 4 nitrogen and oxygen atoms in total. The summed E-state index contributed by atoms with van der Waals surface area (Å²) in [5.41, 5.74) is 0.419. The minimum absolute atomic E-state index is 0.102. The van der Waals surface area contributed by atoms with Crippen LogP contribution in [-0.4, -0.2) is 15.7 Å². The van der Waals surface area contributed by atoms with Gasteiger partial charge in [-0.05, 0) is 40.2 Å². The van der Waals surface area contributed by atoms with Crippen LogP contribution in [0.2, 0.25) is 0 Å². The topological polar surface area (TPSA) is 46.9 Å². The van der Waals surface area contributed by atoms with Gasteiger partial charge in [-0.3, -0.25) is 9.48 Å². The van der Waals surface area contributed by atoms with Gasteiger partial charge in [0, 0.05) is 18.1 Å². The Morgan fingerprint density at radius 3 is 3.00 bits per heavy atom. The highest BCUT2D eigenvalue weighted by Crippen LogP contribution is 2.19. The average Bonchev–Trinajstić information content (AvgIpc) is 2.76. The smallest absolute Gasteiger partial charge is 0.246 e. The van der Waals surface area contributed by atoms with Crippen LogP contribution in [0.25, 0.3) is 0 Å². The molecular weight excluding hydrogens is 289 g/mol. The van der Waals surface area contributed by atoms with Crippen molar-refractivity contribution in [3.8, 4) is 0 Å². The van der Waals surface area contributed by atoms with E-state index in [1.54, 1.807) is 30.6 Å². The Morgan fingerprint density at radius 1 is 1.53 bits per heavy atom. The molecular formula is C11H9BrFN3O. The zero-order valence-electron chi connectivity index (χ0n) is 8.73. The van der Waals surface area contributed by atoms with Gasteiger partial charge in [-0.25, -0.2) is 4.39 Å². The summed E-state index contributed by atoms with van der Waals surface area (Å²) in [5.74, 6) is -0.669. The van der Waals surface area contributed by atoms with Crippen molar-refractivity contribution in [2.45, 2.75) is 6.54 Å². The van der Waals surface area contributed by atoms with E-state index in [0.29, 0.717) is 10.2 Å². The minimum Gasteiger partial charge on any atom is -0.324 e. The van der Waals surface area contributed by atoms with E-state index >= 15 is 0 Å². The van der Waals surface area contributed by atoms with Crippen LogP contribution >= 0.6 is 15.9 Å². The number of halogens is 2. The van der Waals surface area contributed by atoms with Gasteiger partial charge in [0.25, 0.3) is 0 Å². The van der Waals surface area contributed by atoms with Crippen LogP contribution in [0.1, 0.15) is 0 Å². The standard InChI is InChI=1S/C11H9BrFN3O/c12-9-3-2-8(6-10(9)13)15-11(17)7-16-5-1-4-14-16/h1-6H,7H2,(H,15,17). The van der Waals surface area contributed by atoms with Crippen molar-refractivity contribution in [1.82, 2.24) is 9.78 Å². The van der Waals surface area contributed by atoms with E-state index in [4.69, 9.17) is 0 Å². The molecule has 1 aromatic heterocycles. The van der Waals surface area contributed by atoms with Gasteiger partial charge in [0.2, 0.25) is 5.91 Å². The number of amides is 1. The van der Waals surface area contributed by atoms with Gasteiger partial charge in [0.05, 0.1) is 4.47 Å². The minimum atomic E-state index is -0.415. The number of hydrogen-bond donors (Lipinski definition) is 1. The number of carbonyl (C=O) groups is 1. The van der Waals surface area contributed by atoms with Crippen LogP contribution < -0.4 is 5.32 Å². The van der Waals surface area contributed by atoms with Crippen LogP contribution in [0.3, 0.4) is 0 Å². The Labute approximate surface area is 106 Å². The summed E-state index contributed by atoms with van der Waals surface area (Å²) in [6.07, 6.45) is 3.27. The van der Waals surface area contributed by atoms with Gasteiger partial charge < -0.3 is 5.32 Å². The first-order valence-corrected chi connectivity index (χ1v) is 5.67. The maximum atomic E-state index is 13.2. The first-order chi connectivity index (χ1) is 8.15. The van der Waals surface area contributed by atoms with Crippen molar-refractivity contribution in [3.05, 3.63) is 46.9 Å². The molecule has 1 amide bonds. The fourth-order valence-electron chi connectivity index (χ4n) is 1.32. The number of nitrogens with zero attached hydrogens (tertiary/aromatic N) is 2. The van der Waals surface area contributed by atoms with E-state index in [9.17, 15) is 9.18 Å². The molecule has 0 saturated carbocycles. The molecule has 1 aromatic carbocycles. The lowest BCUT2D eigenvalue weighted by Crippen LogP contribution is -2.19. The summed E-state index contributed by atoms with van der Waals surface area (Å²) < 4.78 is 15.0. The van der Waals surface area contributed by atoms with Crippen LogP contribution in [0.15, 0.2) is 41.1 Å². The highest BCUT2D eigenvalue weighted by molar-refractivity contribution is 9.10. The third-order valence-corrected chi connectivity index (χ3v) is 2.71. The van der Waals surface area contributed by atoms with E-state index in [-0.39, 0.29) is 12.5 Å². The summed E-state index contributed by atoms with van der Waals surface area (Å²) in [4.78, 5) is 11.6. The lowest BCUT2D eigenvalue weighted by atomic mass is 10.3. The fourth-order valence-corrected chi connectivity index (χ4v) is 1.56. The fraction of sp³-hybridized carbons (Fsp3) is 0.0909. The van der Waals surface area contributed by atoms with Gasteiger partial charge >= 0.3 is 0 Å². The molecule has 6 heteroatoms. The van der Waals surface area contributed by atoms with Crippen molar-refractivity contribution >= 4 is 27.5 Å². The van der Waals surface area contributed by atoms with Crippen molar-refractivity contribution in [1.29, 1.82) is 0 Å². The van der Waals surface area contributed by atoms with Crippen molar-refractivity contribution < 1.29 is 9.18 Å². The molecule has 0 radical (unpaired) electrons. The molecule has 0 fully saturated rings. The Morgan fingerprint density at radius 2 is 2.35 bits per heavy atom. The molecule has 1 N–H and O–H groups in total. The van der Waals surface area contributed by atoms with Crippen LogP contribution in [-0.2, 0) is 11.3 Å². The second-order valence-corrected chi connectivity index (χ2v) is 4.24. The number of aromatic nitrogens is 2. The van der Waals surface area contributed by atoms with Crippen molar-refractivity contribution in [2.75, 3.05) is 5.32 Å². The van der Waals surface area contributed by atoms with Crippen molar-refractivity contribution in [3.63, 3.8) is 0 Å². The van der Waals surface area contributed by atoms with Crippen molar-refractivity contribution in [2.24, 2.45) is 0 Å². The maximum absolute atomic E-state index is 13.2. The highest BCUT2D eigenvalue weighted by atomic mass is 79.9. The summed E-state index contributed by atoms with van der Waals surface area (Å²) in [6, 6.07) is 6.14. The Balaban J connectivity index is 2.00. The molecule has 17 heavy (non-hydrogen) atoms. The zero-order chi connectivity index (χ0) is 12.3. The largest absolute Gasteiger partial charge is 0.324 e. The molecule has 0 spiro atoms. The van der Waals surface area contributed by atoms with Crippen LogP contribution in [0.5, 0.6) is 0 Å². The molecule has 0 aliphatic rings. The lowest BCUT2D eigenvalue weighted by Gasteiger charge is -2.06. The SMILES string of the molecule is O=C(Cn1cccn1)Nc1ccc(Br)c(F)c1. The van der Waals surface area contributed by atoms with E-state index in [2.05, 4.69) is 26.3 Å². The lowest BCUT2D eigenvalue weighted by molar-refractivity contribution is -0.116. The summed E-state index contributed by atoms with van der Waals surface area (Å²) >= 11 is 3.04. The normalized spacial score (nSPS) is 10.2. The number of benzene rings is 1. The average molecular weight is 298 g/mol. The third kappa shape index (κ3) is 3.13. The Bertz CT molecular complexity index is 528. The molecule has 0 aliphatic heterocycles. The Kier molecular flexibility index (Phi) is 3.53.